The summed E-state index contributed by atoms with van der Waals surface area (Å²) in [5.41, 5.74) is 1.94. The Morgan fingerprint density at radius 3 is 1.54 bits per heavy atom. The van der Waals surface area contributed by atoms with E-state index in [4.69, 9.17) is 0 Å². The molecule has 0 heterocycles. The second kappa shape index (κ2) is 10.6. The normalized spacial score (nSPS) is 11.9. The fraction of sp³-hybridized carbons (Fsp3) is 0.172. The zero-order valence-electron chi connectivity index (χ0n) is 21.8. The molecule has 4 aromatic carbocycles. The van der Waals surface area contributed by atoms with E-state index in [0.717, 1.165) is 11.1 Å². The first kappa shape index (κ1) is 28.0. The molecule has 0 radical (unpaired) electrons. The van der Waals surface area contributed by atoms with Crippen molar-refractivity contribution in [3.05, 3.63) is 95.6 Å². The number of hydrogen-bond acceptors (Lipinski definition) is 6. The van der Waals surface area contributed by atoms with Crippen LogP contribution in [0.3, 0.4) is 0 Å². The van der Waals surface area contributed by atoms with Crippen molar-refractivity contribution < 1.29 is 26.4 Å². The molecule has 202 valence electrons. The molecule has 0 aliphatic carbocycles. The lowest BCUT2D eigenvalue weighted by Crippen LogP contribution is -2.22. The van der Waals surface area contributed by atoms with Gasteiger partial charge in [-0.05, 0) is 63.6 Å². The zero-order chi connectivity index (χ0) is 28.5. The number of sulfonamides is 2. The van der Waals surface area contributed by atoms with Gasteiger partial charge in [0.15, 0.2) is 0 Å². The average Bonchev–Trinajstić information content (AvgIpc) is 2.86. The third-order valence-electron chi connectivity index (χ3n) is 6.34. The number of carbonyl (C=O) groups is 2. The molecule has 2 N–H and O–H groups in total. The van der Waals surface area contributed by atoms with Crippen molar-refractivity contribution >= 4 is 53.8 Å². The van der Waals surface area contributed by atoms with Crippen molar-refractivity contribution in [3.63, 3.8) is 0 Å². The number of Topliss-reactive ketones (excluding diaryl/α,β-unsaturated/α-hetero) is 2. The predicted octanol–water partition coefficient (Wildman–Crippen LogP) is 5.32. The summed E-state index contributed by atoms with van der Waals surface area (Å²) in [7, 11) is -8.19. The fourth-order valence-corrected chi connectivity index (χ4v) is 6.56. The summed E-state index contributed by atoms with van der Waals surface area (Å²) in [5, 5.41) is 0.698. The highest BCUT2D eigenvalue weighted by Gasteiger charge is 2.30. The average molecular weight is 565 g/mol. The lowest BCUT2D eigenvalue weighted by molar-refractivity contribution is -0.126. The minimum atomic E-state index is -4.14. The topological polar surface area (TPSA) is 126 Å². The van der Waals surface area contributed by atoms with Crippen molar-refractivity contribution in [3.8, 4) is 0 Å². The molecule has 0 atom stereocenters. The molecule has 0 aliphatic heterocycles. The van der Waals surface area contributed by atoms with E-state index in [1.54, 1.807) is 48.5 Å². The lowest BCUT2D eigenvalue weighted by atomic mass is 9.88. The molecule has 4 rings (SSSR count). The van der Waals surface area contributed by atoms with Crippen LogP contribution in [0.2, 0.25) is 0 Å². The van der Waals surface area contributed by atoms with E-state index in [1.807, 2.05) is 13.8 Å². The SMILES string of the molecule is CC(=O)C(C(C)=O)c1cc(NS(=O)(=O)c2ccc(C)cc2)c2ccccc2c1NS(=O)(=O)c1ccc(C)cc1. The molecule has 0 amide bonds. The molecule has 0 bridgehead atoms. The van der Waals surface area contributed by atoms with Gasteiger partial charge in [0.1, 0.15) is 17.5 Å². The Bertz CT molecular complexity index is 1780. The molecule has 39 heavy (non-hydrogen) atoms. The van der Waals surface area contributed by atoms with Crippen molar-refractivity contribution in [2.24, 2.45) is 0 Å². The van der Waals surface area contributed by atoms with Crippen LogP contribution in [-0.4, -0.2) is 28.4 Å². The van der Waals surface area contributed by atoms with Gasteiger partial charge in [0.05, 0.1) is 21.2 Å². The van der Waals surface area contributed by atoms with Crippen molar-refractivity contribution in [2.45, 2.75) is 43.4 Å². The molecule has 0 saturated carbocycles. The Kier molecular flexibility index (Phi) is 7.63. The van der Waals surface area contributed by atoms with Gasteiger partial charge in [-0.1, -0.05) is 59.7 Å². The van der Waals surface area contributed by atoms with Gasteiger partial charge in [-0.15, -0.1) is 0 Å². The molecular formula is C29H28N2O6S2. The first-order valence-electron chi connectivity index (χ1n) is 12.1. The highest BCUT2D eigenvalue weighted by Crippen LogP contribution is 2.40. The van der Waals surface area contributed by atoms with Gasteiger partial charge in [-0.25, -0.2) is 16.8 Å². The molecule has 8 nitrogen and oxygen atoms in total. The summed E-state index contributed by atoms with van der Waals surface area (Å²) in [6, 6.07) is 20.4. The maximum absolute atomic E-state index is 13.4. The van der Waals surface area contributed by atoms with E-state index in [0.29, 0.717) is 10.8 Å². The van der Waals surface area contributed by atoms with Crippen molar-refractivity contribution in [2.75, 3.05) is 9.44 Å². The van der Waals surface area contributed by atoms with E-state index in [-0.39, 0.29) is 26.7 Å². The molecule has 10 heteroatoms. The second-order valence-electron chi connectivity index (χ2n) is 9.43. The number of anilines is 2. The summed E-state index contributed by atoms with van der Waals surface area (Å²) < 4.78 is 58.5. The van der Waals surface area contributed by atoms with E-state index in [9.17, 15) is 26.4 Å². The first-order valence-corrected chi connectivity index (χ1v) is 15.0. The van der Waals surface area contributed by atoms with Gasteiger partial charge in [0, 0.05) is 10.8 Å². The highest BCUT2D eigenvalue weighted by atomic mass is 32.2. The Balaban J connectivity index is 1.96. The van der Waals surface area contributed by atoms with Gasteiger partial charge in [0.25, 0.3) is 20.0 Å². The number of aryl methyl sites for hydroxylation is 2. The summed E-state index contributed by atoms with van der Waals surface area (Å²) >= 11 is 0. The number of nitrogens with one attached hydrogen (secondary N) is 2. The monoisotopic (exact) mass is 564 g/mol. The number of hydrogen-bond donors (Lipinski definition) is 2. The Morgan fingerprint density at radius 2 is 1.08 bits per heavy atom. The number of carbonyl (C=O) groups excluding carboxylic acids is 2. The molecule has 0 fully saturated rings. The minimum Gasteiger partial charge on any atom is -0.299 e. The summed E-state index contributed by atoms with van der Waals surface area (Å²) in [6.07, 6.45) is 0. The van der Waals surface area contributed by atoms with Crippen LogP contribution in [-0.2, 0) is 29.6 Å². The summed E-state index contributed by atoms with van der Waals surface area (Å²) in [5.74, 6) is -2.35. The third kappa shape index (κ3) is 5.86. The zero-order valence-corrected chi connectivity index (χ0v) is 23.5. The van der Waals surface area contributed by atoms with Gasteiger partial charge in [0.2, 0.25) is 0 Å². The van der Waals surface area contributed by atoms with E-state index >= 15 is 0 Å². The maximum Gasteiger partial charge on any atom is 0.261 e. The maximum atomic E-state index is 13.4. The molecule has 0 unspecified atom stereocenters. The van der Waals surface area contributed by atoms with Gasteiger partial charge >= 0.3 is 0 Å². The predicted molar refractivity (Wildman–Crippen MR) is 152 cm³/mol. The van der Waals surface area contributed by atoms with Crippen LogP contribution in [0.1, 0.15) is 36.5 Å². The molecule has 0 saturated heterocycles. The van der Waals surface area contributed by atoms with Crippen LogP contribution in [0.15, 0.2) is 88.7 Å². The van der Waals surface area contributed by atoms with Crippen LogP contribution in [0.5, 0.6) is 0 Å². The van der Waals surface area contributed by atoms with Crippen molar-refractivity contribution in [1.29, 1.82) is 0 Å². The largest absolute Gasteiger partial charge is 0.299 e. The standard InChI is InChI=1S/C29H28N2O6S2/c1-18-9-13-22(14-10-18)38(34,35)30-27-17-26(28(20(3)32)21(4)33)29(25-8-6-5-7-24(25)27)31-39(36,37)23-15-11-19(2)12-16-23/h5-17,28,30-31H,1-4H3. The summed E-state index contributed by atoms with van der Waals surface area (Å²) in [6.45, 7) is 6.13. The Morgan fingerprint density at radius 1 is 0.641 bits per heavy atom. The van der Waals surface area contributed by atoms with E-state index < -0.39 is 37.5 Å². The van der Waals surface area contributed by atoms with Crippen LogP contribution in [0, 0.1) is 13.8 Å². The first-order chi connectivity index (χ1) is 18.3. The number of benzene rings is 4. The molecular weight excluding hydrogens is 536 g/mol. The Hall–Kier alpha value is -4.02. The van der Waals surface area contributed by atoms with Gasteiger partial charge < -0.3 is 0 Å². The lowest BCUT2D eigenvalue weighted by Gasteiger charge is -2.22. The second-order valence-corrected chi connectivity index (χ2v) is 12.8. The molecule has 0 spiro atoms. The van der Waals surface area contributed by atoms with E-state index in [1.165, 1.54) is 44.2 Å². The number of rotatable bonds is 9. The van der Waals surface area contributed by atoms with Crippen LogP contribution < -0.4 is 9.44 Å². The number of ketones is 2. The third-order valence-corrected chi connectivity index (χ3v) is 9.09. The smallest absolute Gasteiger partial charge is 0.261 e. The minimum absolute atomic E-state index is 0.00511. The van der Waals surface area contributed by atoms with Crippen molar-refractivity contribution in [1.82, 2.24) is 0 Å². The van der Waals surface area contributed by atoms with Crippen LogP contribution >= 0.6 is 0 Å². The molecule has 0 aromatic heterocycles. The summed E-state index contributed by atoms with van der Waals surface area (Å²) in [4.78, 5) is 25.3. The molecule has 0 aliphatic rings. The highest BCUT2D eigenvalue weighted by molar-refractivity contribution is 7.93. The fourth-order valence-electron chi connectivity index (χ4n) is 4.38. The van der Waals surface area contributed by atoms with E-state index in [2.05, 4.69) is 9.44 Å². The number of fused-ring (bicyclic) bond motifs is 1. The Labute approximate surface area is 228 Å². The molecule has 4 aromatic rings. The quantitative estimate of drug-likeness (QED) is 0.265. The van der Waals surface area contributed by atoms with Gasteiger partial charge in [-0.2, -0.15) is 0 Å². The van der Waals surface area contributed by atoms with Crippen LogP contribution in [0.4, 0.5) is 11.4 Å². The van der Waals surface area contributed by atoms with Gasteiger partial charge in [-0.3, -0.25) is 19.0 Å². The van der Waals surface area contributed by atoms with Crippen LogP contribution in [0.25, 0.3) is 10.8 Å².